The van der Waals surface area contributed by atoms with Gasteiger partial charge >= 0.3 is 0 Å². The maximum atomic E-state index is 11.4. The Balaban J connectivity index is 0.000000723. The highest BCUT2D eigenvalue weighted by Gasteiger charge is 2.75. The number of methoxy groups -OCH3 is 1. The Kier molecular flexibility index (Phi) is 8.78. The maximum absolute atomic E-state index is 11.4. The number of hydrogen-bond donors (Lipinski definition) is 4. The summed E-state index contributed by atoms with van der Waals surface area (Å²) in [6.45, 7) is 4.44. The average Bonchev–Trinajstić information content (AvgIpc) is 2.96. The summed E-state index contributed by atoms with van der Waals surface area (Å²) in [7, 11) is 1.65. The number of hydrogen-bond acceptors (Lipinski definition) is 8. The van der Waals surface area contributed by atoms with Gasteiger partial charge in [-0.25, -0.2) is 0 Å². The number of aliphatic hydroxyl groups excluding tert-OH is 4. The highest BCUT2D eigenvalue weighted by molar-refractivity contribution is 5.33. The molecule has 220 valence electrons. The molecule has 6 fully saturated rings. The van der Waals surface area contributed by atoms with Crippen LogP contribution < -0.4 is 0 Å². The minimum Gasteiger partial charge on any atom is -0.394 e. The molecule has 4 bridgehead atoms. The summed E-state index contributed by atoms with van der Waals surface area (Å²) in [4.78, 5) is 0. The zero-order chi connectivity index (χ0) is 27.8. The van der Waals surface area contributed by atoms with Gasteiger partial charge in [0.2, 0.25) is 5.79 Å². The van der Waals surface area contributed by atoms with Gasteiger partial charge in [-0.2, -0.15) is 0 Å². The third-order valence-corrected chi connectivity index (χ3v) is 10.2. The van der Waals surface area contributed by atoms with Crippen molar-refractivity contribution in [1.82, 2.24) is 0 Å². The van der Waals surface area contributed by atoms with Gasteiger partial charge < -0.3 is 39.4 Å². The van der Waals surface area contributed by atoms with E-state index in [4.69, 9.17) is 18.9 Å². The van der Waals surface area contributed by atoms with Crippen molar-refractivity contribution in [2.45, 2.75) is 107 Å². The average molecular weight is 549 g/mol. The highest BCUT2D eigenvalue weighted by Crippen LogP contribution is 2.69. The minimum absolute atomic E-state index is 0.251. The molecule has 0 radical (unpaired) electrons. The Labute approximate surface area is 232 Å². The number of ether oxygens (including phenoxy) is 4. The van der Waals surface area contributed by atoms with Crippen LogP contribution in [0.2, 0.25) is 0 Å². The second-order valence-electron chi connectivity index (χ2n) is 12.6. The summed E-state index contributed by atoms with van der Waals surface area (Å²) in [5, 5.41) is 42.7. The lowest BCUT2D eigenvalue weighted by atomic mass is 9.44. The summed E-state index contributed by atoms with van der Waals surface area (Å²) in [6, 6.07) is 9.56. The molecule has 8 heteroatoms. The summed E-state index contributed by atoms with van der Waals surface area (Å²) in [6.07, 6.45) is 2.51. The number of unbranched alkanes of at least 4 members (excludes halogenated alkanes) is 1. The fourth-order valence-corrected chi connectivity index (χ4v) is 8.91. The van der Waals surface area contributed by atoms with Crippen molar-refractivity contribution in [3.8, 4) is 0 Å². The van der Waals surface area contributed by atoms with Gasteiger partial charge in [-0.3, -0.25) is 0 Å². The van der Waals surface area contributed by atoms with E-state index in [0.29, 0.717) is 24.4 Å². The molecule has 39 heavy (non-hydrogen) atoms. The van der Waals surface area contributed by atoms with E-state index in [1.165, 1.54) is 32.1 Å². The first-order valence-electron chi connectivity index (χ1n) is 15.0. The molecule has 4 aliphatic carbocycles. The second-order valence-corrected chi connectivity index (χ2v) is 12.6. The molecule has 2 unspecified atom stereocenters. The van der Waals surface area contributed by atoms with Gasteiger partial charge in [0.25, 0.3) is 0 Å². The van der Waals surface area contributed by atoms with Crippen LogP contribution >= 0.6 is 0 Å². The van der Waals surface area contributed by atoms with Crippen LogP contribution in [-0.2, 0) is 24.5 Å². The van der Waals surface area contributed by atoms with Crippen LogP contribution in [0.1, 0.15) is 70.8 Å². The molecule has 7 atom stereocenters. The molecular weight excluding hydrogens is 500 g/mol. The van der Waals surface area contributed by atoms with E-state index in [1.54, 1.807) is 7.11 Å². The van der Waals surface area contributed by atoms with Crippen molar-refractivity contribution in [1.29, 1.82) is 0 Å². The van der Waals surface area contributed by atoms with E-state index in [2.05, 4.69) is 13.8 Å². The standard InChI is InChI=1S/C27H38O8.C4H10/c1-32-27(25-12-16-9-17(13-25)11-18(10-16)14-25)26(33-7-8-34-27,19-5-3-2-4-6-19)24-23(31)22(30)21(29)20(15-28)35-24;1-3-4-2/h2-6,16-18,20-24,28-31H,7-15H2,1H3;3-4H2,1-2H3/t16?,17?,18?,20-,21+,22+,23-,24-,25?,26?,27?;/m1./s1. The third-order valence-electron chi connectivity index (χ3n) is 10.2. The normalized spacial score (nSPS) is 46.9. The van der Waals surface area contributed by atoms with Gasteiger partial charge in [0.05, 0.1) is 19.8 Å². The Morgan fingerprint density at radius 3 is 1.90 bits per heavy atom. The van der Waals surface area contributed by atoms with Crippen molar-refractivity contribution in [3.05, 3.63) is 35.9 Å². The topological polar surface area (TPSA) is 118 Å². The fourth-order valence-electron chi connectivity index (χ4n) is 8.91. The van der Waals surface area contributed by atoms with Crippen molar-refractivity contribution >= 4 is 0 Å². The summed E-state index contributed by atoms with van der Waals surface area (Å²) in [5.41, 5.74) is -1.06. The highest BCUT2D eigenvalue weighted by atomic mass is 16.7. The van der Waals surface area contributed by atoms with E-state index in [9.17, 15) is 20.4 Å². The zero-order valence-corrected chi connectivity index (χ0v) is 23.7. The largest absolute Gasteiger partial charge is 0.394 e. The van der Waals surface area contributed by atoms with Gasteiger partial charge in [-0.05, 0) is 61.8 Å². The van der Waals surface area contributed by atoms with Crippen LogP contribution in [0.3, 0.4) is 0 Å². The Morgan fingerprint density at radius 2 is 1.38 bits per heavy atom. The third kappa shape index (κ3) is 4.59. The van der Waals surface area contributed by atoms with Crippen LogP contribution in [0.25, 0.3) is 0 Å². The maximum Gasteiger partial charge on any atom is 0.210 e. The monoisotopic (exact) mass is 548 g/mol. The molecular formula is C31H48O8. The lowest BCUT2D eigenvalue weighted by Gasteiger charge is -2.68. The minimum atomic E-state index is -1.53. The molecule has 2 aliphatic heterocycles. The van der Waals surface area contributed by atoms with Crippen LogP contribution in [-0.4, -0.2) is 83.7 Å². The first kappa shape index (κ1) is 29.4. The molecule has 0 aromatic heterocycles. The van der Waals surface area contributed by atoms with Gasteiger partial charge in [0.15, 0.2) is 5.60 Å². The molecule has 0 amide bonds. The summed E-state index contributed by atoms with van der Waals surface area (Å²) >= 11 is 0. The predicted octanol–water partition coefficient (Wildman–Crippen LogP) is 3.14. The lowest BCUT2D eigenvalue weighted by Crippen LogP contribution is -2.78. The van der Waals surface area contributed by atoms with Crippen molar-refractivity contribution < 1.29 is 39.4 Å². The number of aliphatic hydroxyl groups is 4. The van der Waals surface area contributed by atoms with Gasteiger partial charge in [-0.15, -0.1) is 0 Å². The lowest BCUT2D eigenvalue weighted by molar-refractivity contribution is -0.452. The number of rotatable bonds is 6. The Morgan fingerprint density at radius 1 is 0.821 bits per heavy atom. The molecule has 4 N–H and O–H groups in total. The van der Waals surface area contributed by atoms with Gasteiger partial charge in [-0.1, -0.05) is 57.0 Å². The molecule has 7 rings (SSSR count). The van der Waals surface area contributed by atoms with E-state index < -0.39 is 48.5 Å². The molecule has 4 saturated carbocycles. The smallest absolute Gasteiger partial charge is 0.210 e. The molecule has 2 heterocycles. The second kappa shape index (κ2) is 11.6. The van der Waals surface area contributed by atoms with Crippen molar-refractivity contribution in [2.24, 2.45) is 23.2 Å². The first-order valence-corrected chi connectivity index (χ1v) is 15.0. The van der Waals surface area contributed by atoms with Crippen molar-refractivity contribution in [3.63, 3.8) is 0 Å². The molecule has 1 aromatic rings. The molecule has 6 aliphatic rings. The van der Waals surface area contributed by atoms with Crippen molar-refractivity contribution in [2.75, 3.05) is 26.9 Å². The molecule has 2 saturated heterocycles. The van der Waals surface area contributed by atoms with E-state index >= 15 is 0 Å². The van der Waals surface area contributed by atoms with E-state index in [-0.39, 0.29) is 12.0 Å². The van der Waals surface area contributed by atoms with Crippen LogP contribution in [0.5, 0.6) is 0 Å². The summed E-state index contributed by atoms with van der Waals surface area (Å²) in [5.74, 6) is 0.509. The van der Waals surface area contributed by atoms with Gasteiger partial charge in [0, 0.05) is 12.5 Å². The molecule has 8 nitrogen and oxygen atoms in total. The molecule has 1 aromatic carbocycles. The predicted molar refractivity (Wildman–Crippen MR) is 145 cm³/mol. The van der Waals surface area contributed by atoms with E-state index in [0.717, 1.165) is 24.8 Å². The van der Waals surface area contributed by atoms with Gasteiger partial charge in [0.1, 0.15) is 30.5 Å². The van der Waals surface area contributed by atoms with Crippen LogP contribution in [0.15, 0.2) is 30.3 Å². The molecule has 0 spiro atoms. The number of benzene rings is 1. The fraction of sp³-hybridized carbons (Fsp3) is 0.806. The van der Waals surface area contributed by atoms with E-state index in [1.807, 2.05) is 30.3 Å². The first-order chi connectivity index (χ1) is 18.8. The Bertz CT molecular complexity index is 902. The quantitative estimate of drug-likeness (QED) is 0.428. The van der Waals surface area contributed by atoms with Crippen LogP contribution in [0.4, 0.5) is 0 Å². The zero-order valence-electron chi connectivity index (χ0n) is 23.7. The SMILES string of the molecule is CCCC.COC1(C23CC4CC(CC(C4)C2)C3)OCCOC1(c1ccccc1)[C@@H]1O[C@H](CO)[C@H](O)[C@H](O)[C@H]1O. The summed E-state index contributed by atoms with van der Waals surface area (Å²) < 4.78 is 26.3. The Hall–Kier alpha value is -1.10. The van der Waals surface area contributed by atoms with Crippen LogP contribution in [0, 0.1) is 23.2 Å².